The third-order valence-corrected chi connectivity index (χ3v) is 3.12. The lowest BCUT2D eigenvalue weighted by atomic mass is 10.1. The number of hydrogen-bond acceptors (Lipinski definition) is 3. The topological polar surface area (TPSA) is 59.0 Å². The number of nitrogens with two attached hydrogens (primary N) is 1. The summed E-state index contributed by atoms with van der Waals surface area (Å²) in [6.07, 6.45) is 0.822. The number of ether oxygens (including phenoxy) is 1. The zero-order valence-corrected chi connectivity index (χ0v) is 11.2. The van der Waals surface area contributed by atoms with Crippen LogP contribution in [0.1, 0.15) is 18.1 Å². The molecule has 0 aliphatic carbocycles. The summed E-state index contributed by atoms with van der Waals surface area (Å²) in [4.78, 5) is 0. The Morgan fingerprint density at radius 2 is 2.05 bits per heavy atom. The van der Waals surface area contributed by atoms with E-state index in [1.165, 1.54) is 0 Å². The largest absolute Gasteiger partial charge is 0.456 e. The highest BCUT2D eigenvalue weighted by Gasteiger charge is 2.07. The van der Waals surface area contributed by atoms with Crippen LogP contribution in [0.4, 0.5) is 5.69 Å². The minimum absolute atomic E-state index is 0.410. The quantitative estimate of drug-likeness (QED) is 0.854. The standard InChI is InChI=1S/C15H13ClN2O/c1-2-10-8-13(4-5-14(10)16)19-15-6-3-12(18)7-11(15)9-17/h3-8H,2,18H2,1H3. The second-order valence-electron chi connectivity index (χ2n) is 4.08. The molecule has 2 rings (SSSR count). The minimum atomic E-state index is 0.410. The van der Waals surface area contributed by atoms with Crippen LogP contribution in [0.3, 0.4) is 0 Å². The minimum Gasteiger partial charge on any atom is -0.456 e. The predicted octanol–water partition coefficient (Wildman–Crippen LogP) is 4.15. The van der Waals surface area contributed by atoms with Crippen LogP contribution < -0.4 is 10.5 Å². The molecule has 0 unspecified atom stereocenters. The van der Waals surface area contributed by atoms with Crippen LogP contribution in [0.2, 0.25) is 5.02 Å². The van der Waals surface area contributed by atoms with E-state index in [1.807, 2.05) is 13.0 Å². The SMILES string of the molecule is CCc1cc(Oc2ccc(N)cc2C#N)ccc1Cl. The summed E-state index contributed by atoms with van der Waals surface area (Å²) in [5, 5.41) is 9.77. The van der Waals surface area contributed by atoms with E-state index >= 15 is 0 Å². The fourth-order valence-electron chi connectivity index (χ4n) is 1.74. The molecule has 0 atom stereocenters. The number of rotatable bonds is 3. The average molecular weight is 273 g/mol. The highest BCUT2D eigenvalue weighted by Crippen LogP contribution is 2.29. The van der Waals surface area contributed by atoms with Crippen LogP contribution in [0, 0.1) is 11.3 Å². The Morgan fingerprint density at radius 1 is 1.26 bits per heavy atom. The van der Waals surface area contributed by atoms with E-state index in [0.717, 1.165) is 12.0 Å². The van der Waals surface area contributed by atoms with Gasteiger partial charge in [0.1, 0.15) is 17.6 Å². The summed E-state index contributed by atoms with van der Waals surface area (Å²) in [6, 6.07) is 12.5. The molecule has 0 saturated carbocycles. The molecule has 0 spiro atoms. The van der Waals surface area contributed by atoms with E-state index in [1.54, 1.807) is 30.3 Å². The molecule has 0 aliphatic rings. The Bertz CT molecular complexity index is 647. The Kier molecular flexibility index (Phi) is 3.94. The van der Waals surface area contributed by atoms with Gasteiger partial charge in [-0.25, -0.2) is 0 Å². The summed E-state index contributed by atoms with van der Waals surface area (Å²) in [7, 11) is 0. The Morgan fingerprint density at radius 3 is 2.74 bits per heavy atom. The summed E-state index contributed by atoms with van der Waals surface area (Å²) in [5.41, 5.74) is 7.59. The fourth-order valence-corrected chi connectivity index (χ4v) is 1.99. The van der Waals surface area contributed by atoms with Crippen molar-refractivity contribution in [1.29, 1.82) is 5.26 Å². The molecule has 2 N–H and O–H groups in total. The zero-order valence-electron chi connectivity index (χ0n) is 10.5. The lowest BCUT2D eigenvalue weighted by Crippen LogP contribution is -1.92. The van der Waals surface area contributed by atoms with E-state index in [4.69, 9.17) is 27.3 Å². The van der Waals surface area contributed by atoms with Crippen molar-refractivity contribution in [2.45, 2.75) is 13.3 Å². The molecule has 0 radical (unpaired) electrons. The highest BCUT2D eigenvalue weighted by molar-refractivity contribution is 6.31. The summed E-state index contributed by atoms with van der Waals surface area (Å²) in [6.45, 7) is 2.02. The smallest absolute Gasteiger partial charge is 0.145 e. The van der Waals surface area contributed by atoms with Crippen molar-refractivity contribution in [2.24, 2.45) is 0 Å². The molecule has 0 amide bonds. The first-order valence-corrected chi connectivity index (χ1v) is 6.27. The van der Waals surface area contributed by atoms with Crippen molar-refractivity contribution < 1.29 is 4.74 Å². The van der Waals surface area contributed by atoms with Crippen LogP contribution in [-0.2, 0) is 6.42 Å². The van der Waals surface area contributed by atoms with Gasteiger partial charge >= 0.3 is 0 Å². The van der Waals surface area contributed by atoms with Gasteiger partial charge in [0, 0.05) is 10.7 Å². The van der Waals surface area contributed by atoms with Gasteiger partial charge in [-0.15, -0.1) is 0 Å². The molecule has 0 fully saturated rings. The number of hydrogen-bond donors (Lipinski definition) is 1. The van der Waals surface area contributed by atoms with Gasteiger partial charge in [0.25, 0.3) is 0 Å². The van der Waals surface area contributed by atoms with E-state index in [9.17, 15) is 0 Å². The summed E-state index contributed by atoms with van der Waals surface area (Å²) < 4.78 is 5.72. The lowest BCUT2D eigenvalue weighted by molar-refractivity contribution is 0.480. The zero-order chi connectivity index (χ0) is 13.8. The number of anilines is 1. The Hall–Kier alpha value is -2.18. The van der Waals surface area contributed by atoms with Crippen molar-refractivity contribution >= 4 is 17.3 Å². The predicted molar refractivity (Wildman–Crippen MR) is 76.5 cm³/mol. The molecule has 2 aromatic rings. The van der Waals surface area contributed by atoms with Crippen LogP contribution in [0.25, 0.3) is 0 Å². The maximum atomic E-state index is 9.06. The molecule has 0 aromatic heterocycles. The van der Waals surface area contributed by atoms with E-state index < -0.39 is 0 Å². The van der Waals surface area contributed by atoms with Crippen LogP contribution in [0.5, 0.6) is 11.5 Å². The highest BCUT2D eigenvalue weighted by atomic mass is 35.5. The summed E-state index contributed by atoms with van der Waals surface area (Å²) >= 11 is 6.05. The molecule has 0 aliphatic heterocycles. The molecule has 0 heterocycles. The second kappa shape index (κ2) is 5.64. The molecular weight excluding hydrogens is 260 g/mol. The first-order valence-electron chi connectivity index (χ1n) is 5.90. The molecule has 96 valence electrons. The molecule has 19 heavy (non-hydrogen) atoms. The van der Waals surface area contributed by atoms with Crippen LogP contribution in [0.15, 0.2) is 36.4 Å². The lowest BCUT2D eigenvalue weighted by Gasteiger charge is -2.10. The first kappa shape index (κ1) is 13.3. The van der Waals surface area contributed by atoms with Gasteiger partial charge in [-0.1, -0.05) is 18.5 Å². The number of halogens is 1. The van der Waals surface area contributed by atoms with Crippen LogP contribution >= 0.6 is 11.6 Å². The first-order chi connectivity index (χ1) is 9.13. The number of aryl methyl sites for hydroxylation is 1. The molecular formula is C15H13ClN2O. The van der Waals surface area contributed by atoms with Gasteiger partial charge in [0.15, 0.2) is 0 Å². The van der Waals surface area contributed by atoms with Gasteiger partial charge in [-0.3, -0.25) is 0 Å². The fraction of sp³-hybridized carbons (Fsp3) is 0.133. The number of nitriles is 1. The second-order valence-corrected chi connectivity index (χ2v) is 4.48. The maximum Gasteiger partial charge on any atom is 0.145 e. The molecule has 0 saturated heterocycles. The third kappa shape index (κ3) is 2.98. The molecule has 4 heteroatoms. The average Bonchev–Trinajstić information content (AvgIpc) is 2.42. The Labute approximate surface area is 117 Å². The van der Waals surface area contributed by atoms with Gasteiger partial charge < -0.3 is 10.5 Å². The van der Waals surface area contributed by atoms with E-state index in [-0.39, 0.29) is 0 Å². The third-order valence-electron chi connectivity index (χ3n) is 2.75. The van der Waals surface area contributed by atoms with Crippen molar-refractivity contribution in [3.8, 4) is 17.6 Å². The number of benzene rings is 2. The van der Waals surface area contributed by atoms with Gasteiger partial charge in [-0.2, -0.15) is 5.26 Å². The van der Waals surface area contributed by atoms with Gasteiger partial charge in [0.2, 0.25) is 0 Å². The van der Waals surface area contributed by atoms with Gasteiger partial charge in [-0.05, 0) is 48.4 Å². The number of nitrogen functional groups attached to an aromatic ring is 1. The van der Waals surface area contributed by atoms with Crippen molar-refractivity contribution in [1.82, 2.24) is 0 Å². The Balaban J connectivity index is 2.34. The number of nitrogens with zero attached hydrogens (tertiary/aromatic N) is 1. The summed E-state index contributed by atoms with van der Waals surface area (Å²) in [5.74, 6) is 1.14. The van der Waals surface area contributed by atoms with Crippen LogP contribution in [-0.4, -0.2) is 0 Å². The van der Waals surface area contributed by atoms with Crippen molar-refractivity contribution in [2.75, 3.05) is 5.73 Å². The molecule has 3 nitrogen and oxygen atoms in total. The monoisotopic (exact) mass is 272 g/mol. The van der Waals surface area contributed by atoms with Crippen molar-refractivity contribution in [3.05, 3.63) is 52.5 Å². The van der Waals surface area contributed by atoms with E-state index in [2.05, 4.69) is 6.07 Å². The van der Waals surface area contributed by atoms with E-state index in [0.29, 0.717) is 27.8 Å². The maximum absolute atomic E-state index is 9.06. The molecule has 2 aromatic carbocycles. The normalized spacial score (nSPS) is 9.95. The molecule has 0 bridgehead atoms. The van der Waals surface area contributed by atoms with Gasteiger partial charge in [0.05, 0.1) is 5.56 Å². The van der Waals surface area contributed by atoms with Crippen molar-refractivity contribution in [3.63, 3.8) is 0 Å².